The minimum atomic E-state index is -0.362. The summed E-state index contributed by atoms with van der Waals surface area (Å²) >= 11 is 0. The van der Waals surface area contributed by atoms with Crippen LogP contribution >= 0.6 is 0 Å². The van der Waals surface area contributed by atoms with Gasteiger partial charge in [-0.3, -0.25) is 0 Å². The predicted molar refractivity (Wildman–Crippen MR) is 69.3 cm³/mol. The number of rotatable bonds is 7. The van der Waals surface area contributed by atoms with Crippen LogP contribution in [0, 0.1) is 0 Å². The lowest BCUT2D eigenvalue weighted by molar-refractivity contribution is 0.0570. The molecule has 1 N–H and O–H groups in total. The molecule has 16 heavy (non-hydrogen) atoms. The van der Waals surface area contributed by atoms with Crippen LogP contribution in [0.3, 0.4) is 0 Å². The molecule has 1 atom stereocenters. The Kier molecular flexibility index (Phi) is 4.90. The van der Waals surface area contributed by atoms with Gasteiger partial charge in [-0.1, -0.05) is 38.1 Å². The van der Waals surface area contributed by atoms with Gasteiger partial charge in [0.05, 0.1) is 6.26 Å². The standard InChI is InChI=1S/C14H21NO/c1-4-6-12-14(3,16-5-2)15-13-10-8-7-9-11-13/h5,7-11,15H,2,4,6,12H2,1,3H3. The third-order valence-corrected chi connectivity index (χ3v) is 2.53. The highest BCUT2D eigenvalue weighted by atomic mass is 16.5. The molecule has 0 aliphatic rings. The third-order valence-electron chi connectivity index (χ3n) is 2.53. The van der Waals surface area contributed by atoms with Gasteiger partial charge in [0.15, 0.2) is 5.72 Å². The fourth-order valence-electron chi connectivity index (χ4n) is 1.68. The van der Waals surface area contributed by atoms with Gasteiger partial charge < -0.3 is 10.1 Å². The van der Waals surface area contributed by atoms with E-state index in [0.29, 0.717) is 0 Å². The van der Waals surface area contributed by atoms with E-state index >= 15 is 0 Å². The fraction of sp³-hybridized carbons (Fsp3) is 0.429. The molecule has 1 unspecified atom stereocenters. The molecule has 0 aliphatic heterocycles. The van der Waals surface area contributed by atoms with Gasteiger partial charge in [-0.2, -0.15) is 0 Å². The second kappa shape index (κ2) is 6.21. The van der Waals surface area contributed by atoms with Gasteiger partial charge in [-0.05, 0) is 25.5 Å². The van der Waals surface area contributed by atoms with Gasteiger partial charge in [0, 0.05) is 12.1 Å². The fourth-order valence-corrected chi connectivity index (χ4v) is 1.68. The normalized spacial score (nSPS) is 13.9. The van der Waals surface area contributed by atoms with Crippen molar-refractivity contribution in [1.82, 2.24) is 0 Å². The minimum absolute atomic E-state index is 0.362. The van der Waals surface area contributed by atoms with E-state index < -0.39 is 0 Å². The summed E-state index contributed by atoms with van der Waals surface area (Å²) in [4.78, 5) is 0. The SMILES string of the molecule is C=COC(C)(CCCC)Nc1ccccc1. The molecule has 0 saturated carbocycles. The first-order valence-corrected chi connectivity index (χ1v) is 5.82. The van der Waals surface area contributed by atoms with Crippen molar-refractivity contribution in [2.24, 2.45) is 0 Å². The predicted octanol–water partition coefficient (Wildman–Crippen LogP) is 4.17. The van der Waals surface area contributed by atoms with Crippen LogP contribution in [0.2, 0.25) is 0 Å². The van der Waals surface area contributed by atoms with Crippen LogP contribution in [0.4, 0.5) is 5.69 Å². The van der Waals surface area contributed by atoms with E-state index in [1.54, 1.807) is 0 Å². The number of nitrogens with one attached hydrogen (secondary N) is 1. The summed E-state index contributed by atoms with van der Waals surface area (Å²) < 4.78 is 5.59. The highest BCUT2D eigenvalue weighted by Gasteiger charge is 2.23. The number of hydrogen-bond donors (Lipinski definition) is 1. The Balaban J connectivity index is 2.66. The summed E-state index contributed by atoms with van der Waals surface area (Å²) in [6.07, 6.45) is 4.76. The topological polar surface area (TPSA) is 21.3 Å². The van der Waals surface area contributed by atoms with E-state index in [1.807, 2.05) is 30.3 Å². The van der Waals surface area contributed by atoms with Gasteiger partial charge in [-0.25, -0.2) is 0 Å². The number of para-hydroxylation sites is 1. The summed E-state index contributed by atoms with van der Waals surface area (Å²) in [7, 11) is 0. The van der Waals surface area contributed by atoms with E-state index in [2.05, 4.69) is 25.7 Å². The van der Waals surface area contributed by atoms with Crippen molar-refractivity contribution in [3.63, 3.8) is 0 Å². The van der Waals surface area contributed by atoms with Crippen LogP contribution in [-0.4, -0.2) is 5.72 Å². The number of unbranched alkanes of at least 4 members (excludes halogenated alkanes) is 1. The van der Waals surface area contributed by atoms with Gasteiger partial charge in [0.25, 0.3) is 0 Å². The molecule has 0 aromatic heterocycles. The zero-order valence-electron chi connectivity index (χ0n) is 10.2. The number of benzene rings is 1. The maximum atomic E-state index is 5.59. The molecular formula is C14H21NO. The van der Waals surface area contributed by atoms with E-state index in [9.17, 15) is 0 Å². The molecular weight excluding hydrogens is 198 g/mol. The molecule has 1 aromatic carbocycles. The second-order valence-corrected chi connectivity index (χ2v) is 4.11. The number of ether oxygens (including phenoxy) is 1. The van der Waals surface area contributed by atoms with Crippen molar-refractivity contribution < 1.29 is 4.74 Å². The van der Waals surface area contributed by atoms with Crippen molar-refractivity contribution in [1.29, 1.82) is 0 Å². The van der Waals surface area contributed by atoms with E-state index in [-0.39, 0.29) is 5.72 Å². The van der Waals surface area contributed by atoms with E-state index in [1.165, 1.54) is 6.26 Å². The summed E-state index contributed by atoms with van der Waals surface area (Å²) in [6, 6.07) is 10.1. The molecule has 2 heteroatoms. The molecule has 0 radical (unpaired) electrons. The molecule has 0 heterocycles. The lowest BCUT2D eigenvalue weighted by Crippen LogP contribution is -2.36. The first-order valence-electron chi connectivity index (χ1n) is 5.82. The largest absolute Gasteiger partial charge is 0.477 e. The molecule has 2 nitrogen and oxygen atoms in total. The Morgan fingerprint density at radius 2 is 2.06 bits per heavy atom. The van der Waals surface area contributed by atoms with Gasteiger partial charge in [0.1, 0.15) is 0 Å². The van der Waals surface area contributed by atoms with Crippen LogP contribution in [-0.2, 0) is 4.74 Å². The molecule has 88 valence electrons. The Morgan fingerprint density at radius 1 is 1.38 bits per heavy atom. The minimum Gasteiger partial charge on any atom is -0.477 e. The second-order valence-electron chi connectivity index (χ2n) is 4.11. The van der Waals surface area contributed by atoms with Gasteiger partial charge in [0.2, 0.25) is 0 Å². The van der Waals surface area contributed by atoms with Gasteiger partial charge >= 0.3 is 0 Å². The smallest absolute Gasteiger partial charge is 0.176 e. The zero-order chi connectivity index (χ0) is 11.9. The maximum absolute atomic E-state index is 5.59. The average molecular weight is 219 g/mol. The molecule has 1 rings (SSSR count). The zero-order valence-corrected chi connectivity index (χ0v) is 10.2. The van der Waals surface area contributed by atoms with Crippen LogP contribution in [0.15, 0.2) is 43.2 Å². The lowest BCUT2D eigenvalue weighted by Gasteiger charge is -2.31. The molecule has 0 fully saturated rings. The lowest BCUT2D eigenvalue weighted by atomic mass is 10.1. The first-order chi connectivity index (χ1) is 7.70. The molecule has 0 aliphatic carbocycles. The van der Waals surface area contributed by atoms with Crippen LogP contribution in [0.25, 0.3) is 0 Å². The highest BCUT2D eigenvalue weighted by molar-refractivity contribution is 5.44. The van der Waals surface area contributed by atoms with Crippen molar-refractivity contribution >= 4 is 5.69 Å². The number of hydrogen-bond acceptors (Lipinski definition) is 2. The Morgan fingerprint density at radius 3 is 2.62 bits per heavy atom. The van der Waals surface area contributed by atoms with Crippen LogP contribution in [0.5, 0.6) is 0 Å². The monoisotopic (exact) mass is 219 g/mol. The van der Waals surface area contributed by atoms with E-state index in [0.717, 1.165) is 24.9 Å². The summed E-state index contributed by atoms with van der Waals surface area (Å²) in [5.41, 5.74) is 0.710. The quantitative estimate of drug-likeness (QED) is 0.549. The maximum Gasteiger partial charge on any atom is 0.176 e. The Labute approximate surface area is 98.3 Å². The van der Waals surface area contributed by atoms with Crippen molar-refractivity contribution in [2.45, 2.75) is 38.8 Å². The van der Waals surface area contributed by atoms with Crippen molar-refractivity contribution in [2.75, 3.05) is 5.32 Å². The van der Waals surface area contributed by atoms with E-state index in [4.69, 9.17) is 4.74 Å². The summed E-state index contributed by atoms with van der Waals surface area (Å²) in [5.74, 6) is 0. The Hall–Kier alpha value is -1.44. The summed E-state index contributed by atoms with van der Waals surface area (Å²) in [5, 5.41) is 3.40. The molecule has 0 amide bonds. The van der Waals surface area contributed by atoms with Crippen molar-refractivity contribution in [3.8, 4) is 0 Å². The van der Waals surface area contributed by atoms with Crippen molar-refractivity contribution in [3.05, 3.63) is 43.2 Å². The molecule has 0 spiro atoms. The summed E-state index contributed by atoms with van der Waals surface area (Å²) in [6.45, 7) is 7.86. The molecule has 1 aromatic rings. The Bertz CT molecular complexity index is 310. The van der Waals surface area contributed by atoms with Gasteiger partial charge in [-0.15, -0.1) is 0 Å². The molecule has 0 saturated heterocycles. The van der Waals surface area contributed by atoms with Crippen LogP contribution < -0.4 is 5.32 Å². The molecule has 0 bridgehead atoms. The first kappa shape index (κ1) is 12.6. The third kappa shape index (κ3) is 3.97. The van der Waals surface area contributed by atoms with Crippen LogP contribution in [0.1, 0.15) is 33.1 Å². The highest BCUT2D eigenvalue weighted by Crippen LogP contribution is 2.22. The average Bonchev–Trinajstić information content (AvgIpc) is 2.28. The number of anilines is 1.